The number of aromatic amines is 1. The number of benzene rings is 1. The quantitative estimate of drug-likeness (QED) is 0.531. The van der Waals surface area contributed by atoms with E-state index in [1.54, 1.807) is 0 Å². The molecule has 0 unspecified atom stereocenters. The molecular formula is C10H8N2. The summed E-state index contributed by atoms with van der Waals surface area (Å²) < 4.78 is 0. The molecule has 2 aromatic rings. The van der Waals surface area contributed by atoms with Gasteiger partial charge in [-0.25, -0.2) is 4.98 Å². The van der Waals surface area contributed by atoms with Gasteiger partial charge in [0.25, 0.3) is 0 Å². The van der Waals surface area contributed by atoms with Crippen molar-refractivity contribution in [2.24, 2.45) is 0 Å². The summed E-state index contributed by atoms with van der Waals surface area (Å²) in [6.07, 6.45) is 0. The maximum absolute atomic E-state index is 4.48. The molecule has 0 atom stereocenters. The molecule has 4 rings (SSSR count). The number of imidazole rings is 1. The fraction of sp³-hybridized carbons (Fsp3) is 0.100. The van der Waals surface area contributed by atoms with E-state index in [9.17, 15) is 0 Å². The molecule has 0 fully saturated rings. The molecule has 3 heterocycles. The van der Waals surface area contributed by atoms with Gasteiger partial charge in [0.15, 0.2) is 0 Å². The molecule has 0 radical (unpaired) electrons. The Kier molecular flexibility index (Phi) is 0.888. The van der Waals surface area contributed by atoms with Gasteiger partial charge in [0, 0.05) is 16.8 Å². The second-order valence-corrected chi connectivity index (χ2v) is 3.14. The summed E-state index contributed by atoms with van der Waals surface area (Å²) in [7, 11) is 0. The van der Waals surface area contributed by atoms with Crippen molar-refractivity contribution in [2.75, 3.05) is 0 Å². The zero-order chi connectivity index (χ0) is 8.13. The third kappa shape index (κ3) is 0.576. The highest BCUT2D eigenvalue weighted by Crippen LogP contribution is 2.30. The Morgan fingerprint density at radius 3 is 2.50 bits per heavy atom. The number of aryl methyl sites for hydroxylation is 1. The molecule has 0 amide bonds. The van der Waals surface area contributed by atoms with Crippen molar-refractivity contribution in [3.05, 3.63) is 30.0 Å². The first-order valence-corrected chi connectivity index (χ1v) is 4.02. The first kappa shape index (κ1) is 6.00. The SMILES string of the molecule is Cc1[nH]c2nc1-c1ccc-2cc1. The number of aromatic nitrogens is 2. The van der Waals surface area contributed by atoms with Gasteiger partial charge in [-0.1, -0.05) is 24.3 Å². The minimum atomic E-state index is 0.988. The summed E-state index contributed by atoms with van der Waals surface area (Å²) in [6, 6.07) is 8.43. The van der Waals surface area contributed by atoms with E-state index in [4.69, 9.17) is 0 Å². The third-order valence-corrected chi connectivity index (χ3v) is 2.32. The van der Waals surface area contributed by atoms with Crippen LogP contribution in [-0.2, 0) is 0 Å². The van der Waals surface area contributed by atoms with E-state index in [0.29, 0.717) is 0 Å². The van der Waals surface area contributed by atoms with E-state index in [2.05, 4.69) is 41.2 Å². The molecule has 12 heavy (non-hydrogen) atoms. The lowest BCUT2D eigenvalue weighted by atomic mass is 10.1. The Hall–Kier alpha value is -1.57. The molecule has 0 aliphatic carbocycles. The van der Waals surface area contributed by atoms with Crippen molar-refractivity contribution in [3.8, 4) is 22.6 Å². The Morgan fingerprint density at radius 1 is 1.08 bits per heavy atom. The number of fused-ring (bicyclic) bond motifs is 2. The molecular weight excluding hydrogens is 148 g/mol. The minimum absolute atomic E-state index is 0.988. The minimum Gasteiger partial charge on any atom is -0.342 e. The Balaban J connectivity index is 2.52. The van der Waals surface area contributed by atoms with Crippen molar-refractivity contribution in [1.82, 2.24) is 9.97 Å². The molecule has 2 heteroatoms. The Bertz CT molecular complexity index is 437. The largest absolute Gasteiger partial charge is 0.342 e. The van der Waals surface area contributed by atoms with Crippen LogP contribution in [0.4, 0.5) is 0 Å². The van der Waals surface area contributed by atoms with Crippen molar-refractivity contribution in [1.29, 1.82) is 0 Å². The van der Waals surface area contributed by atoms with Crippen LogP contribution in [0.15, 0.2) is 24.3 Å². The van der Waals surface area contributed by atoms with E-state index in [1.165, 1.54) is 11.1 Å². The van der Waals surface area contributed by atoms with Gasteiger partial charge in [0.05, 0.1) is 5.69 Å². The van der Waals surface area contributed by atoms with Crippen LogP contribution in [-0.4, -0.2) is 9.97 Å². The van der Waals surface area contributed by atoms with Crippen LogP contribution in [0.2, 0.25) is 0 Å². The van der Waals surface area contributed by atoms with E-state index < -0.39 is 0 Å². The smallest absolute Gasteiger partial charge is 0.138 e. The van der Waals surface area contributed by atoms with Gasteiger partial charge in [-0.05, 0) is 6.92 Å². The monoisotopic (exact) mass is 156 g/mol. The predicted molar refractivity (Wildman–Crippen MR) is 47.8 cm³/mol. The lowest BCUT2D eigenvalue weighted by molar-refractivity contribution is 1.25. The number of hydrogen-bond donors (Lipinski definition) is 1. The van der Waals surface area contributed by atoms with Crippen molar-refractivity contribution < 1.29 is 0 Å². The van der Waals surface area contributed by atoms with E-state index in [1.807, 2.05) is 0 Å². The lowest BCUT2D eigenvalue weighted by Gasteiger charge is -1.99. The van der Waals surface area contributed by atoms with Gasteiger partial charge in [-0.15, -0.1) is 0 Å². The molecule has 2 aliphatic rings. The van der Waals surface area contributed by atoms with Crippen LogP contribution in [0.5, 0.6) is 0 Å². The topological polar surface area (TPSA) is 28.7 Å². The maximum atomic E-state index is 4.48. The molecule has 2 aliphatic heterocycles. The number of rotatable bonds is 0. The van der Waals surface area contributed by atoms with Gasteiger partial charge in [-0.3, -0.25) is 0 Å². The van der Waals surface area contributed by atoms with Crippen LogP contribution >= 0.6 is 0 Å². The summed E-state index contributed by atoms with van der Waals surface area (Å²) in [5, 5.41) is 0. The summed E-state index contributed by atoms with van der Waals surface area (Å²) in [4.78, 5) is 7.74. The van der Waals surface area contributed by atoms with Crippen LogP contribution in [0.25, 0.3) is 22.6 Å². The molecule has 4 bridgehead atoms. The van der Waals surface area contributed by atoms with Crippen molar-refractivity contribution >= 4 is 0 Å². The summed E-state index contributed by atoms with van der Waals surface area (Å²) in [6.45, 7) is 2.06. The van der Waals surface area contributed by atoms with Crippen LogP contribution in [0, 0.1) is 6.92 Å². The molecule has 0 saturated carbocycles. The molecule has 0 spiro atoms. The number of nitrogens with one attached hydrogen (secondary N) is 1. The fourth-order valence-electron chi connectivity index (χ4n) is 1.66. The first-order chi connectivity index (χ1) is 5.84. The summed E-state index contributed by atoms with van der Waals surface area (Å²) in [5.74, 6) is 0.988. The molecule has 1 aromatic heterocycles. The predicted octanol–water partition coefficient (Wildman–Crippen LogP) is 2.37. The van der Waals surface area contributed by atoms with Gasteiger partial charge in [-0.2, -0.15) is 0 Å². The first-order valence-electron chi connectivity index (χ1n) is 4.02. The normalized spacial score (nSPS) is 11.8. The van der Waals surface area contributed by atoms with Gasteiger partial charge >= 0.3 is 0 Å². The summed E-state index contributed by atoms with van der Waals surface area (Å²) in [5.41, 5.74) is 4.62. The van der Waals surface area contributed by atoms with Crippen LogP contribution < -0.4 is 0 Å². The fourth-order valence-corrected chi connectivity index (χ4v) is 1.66. The lowest BCUT2D eigenvalue weighted by Crippen LogP contribution is -1.82. The van der Waals surface area contributed by atoms with Crippen molar-refractivity contribution in [3.63, 3.8) is 0 Å². The number of hydrogen-bond acceptors (Lipinski definition) is 1. The standard InChI is InChI=1S/C10H8N2/c1-6-9-7-2-4-8(5-3-7)10(11-6)12-9/h2-5H,1H3,(H,11,12). The van der Waals surface area contributed by atoms with Crippen molar-refractivity contribution in [2.45, 2.75) is 6.92 Å². The second-order valence-electron chi connectivity index (χ2n) is 3.14. The Labute approximate surface area is 70.3 Å². The molecule has 58 valence electrons. The number of nitrogens with zero attached hydrogens (tertiary/aromatic N) is 1. The van der Waals surface area contributed by atoms with E-state index in [0.717, 1.165) is 17.2 Å². The average molecular weight is 156 g/mol. The molecule has 0 saturated heterocycles. The highest BCUT2D eigenvalue weighted by molar-refractivity contribution is 5.73. The van der Waals surface area contributed by atoms with Crippen LogP contribution in [0.3, 0.4) is 0 Å². The molecule has 1 aromatic carbocycles. The van der Waals surface area contributed by atoms with Crippen LogP contribution in [0.1, 0.15) is 5.69 Å². The van der Waals surface area contributed by atoms with Gasteiger partial charge in [0.2, 0.25) is 0 Å². The second kappa shape index (κ2) is 1.78. The Morgan fingerprint density at radius 2 is 1.75 bits per heavy atom. The van der Waals surface area contributed by atoms with Gasteiger partial charge in [0.1, 0.15) is 5.82 Å². The van der Waals surface area contributed by atoms with E-state index in [-0.39, 0.29) is 0 Å². The molecule has 1 N–H and O–H groups in total. The zero-order valence-electron chi connectivity index (χ0n) is 6.76. The van der Waals surface area contributed by atoms with Gasteiger partial charge < -0.3 is 4.98 Å². The average Bonchev–Trinajstić information content (AvgIpc) is 2.28. The summed E-state index contributed by atoms with van der Waals surface area (Å²) >= 11 is 0. The maximum Gasteiger partial charge on any atom is 0.138 e. The third-order valence-electron chi connectivity index (χ3n) is 2.32. The highest BCUT2D eigenvalue weighted by atomic mass is 14.9. The van der Waals surface area contributed by atoms with E-state index >= 15 is 0 Å². The highest BCUT2D eigenvalue weighted by Gasteiger charge is 2.14. The number of H-pyrrole nitrogens is 1. The molecule has 2 nitrogen and oxygen atoms in total. The zero-order valence-corrected chi connectivity index (χ0v) is 6.76.